The summed E-state index contributed by atoms with van der Waals surface area (Å²) in [5.74, 6) is 1.42. The molecule has 2 aromatic carbocycles. The van der Waals surface area contributed by atoms with Crippen molar-refractivity contribution < 1.29 is 14.3 Å². The molecule has 0 aromatic heterocycles. The lowest BCUT2D eigenvalue weighted by Gasteiger charge is -2.26. The lowest BCUT2D eigenvalue weighted by molar-refractivity contribution is 0.0741. The zero-order valence-corrected chi connectivity index (χ0v) is 11.8. The lowest BCUT2D eigenvalue weighted by atomic mass is 10.1. The number of para-hydroxylation sites is 1. The Hall–Kier alpha value is -2.49. The van der Waals surface area contributed by atoms with Crippen molar-refractivity contribution in [2.24, 2.45) is 0 Å². The van der Waals surface area contributed by atoms with Gasteiger partial charge in [0.25, 0.3) is 5.91 Å². The Kier molecular flexibility index (Phi) is 3.77. The number of carbonyl (C=O) groups is 1. The van der Waals surface area contributed by atoms with Crippen LogP contribution in [0.5, 0.6) is 11.5 Å². The second-order valence-electron chi connectivity index (χ2n) is 4.96. The molecule has 1 heterocycles. The van der Waals surface area contributed by atoms with Crippen LogP contribution in [0.4, 0.5) is 0 Å². The van der Waals surface area contributed by atoms with E-state index < -0.39 is 0 Å². The molecule has 2 aromatic rings. The Morgan fingerprint density at radius 2 is 1.90 bits per heavy atom. The number of benzene rings is 2. The maximum absolute atomic E-state index is 12.0. The molecule has 0 fully saturated rings. The molecule has 3 rings (SSSR count). The molecule has 1 aliphatic heterocycles. The smallest absolute Gasteiger partial charge is 0.257 e. The van der Waals surface area contributed by atoms with Crippen LogP contribution in [-0.4, -0.2) is 19.2 Å². The zero-order chi connectivity index (χ0) is 14.7. The highest BCUT2D eigenvalue weighted by atomic mass is 16.5. The maximum atomic E-state index is 12.0. The van der Waals surface area contributed by atoms with E-state index >= 15 is 0 Å². The molecule has 1 atom stereocenters. The normalized spacial score (nSPS) is 16.6. The molecule has 0 saturated heterocycles. The van der Waals surface area contributed by atoms with E-state index in [1.54, 1.807) is 13.2 Å². The van der Waals surface area contributed by atoms with Crippen molar-refractivity contribution in [1.29, 1.82) is 0 Å². The summed E-state index contributed by atoms with van der Waals surface area (Å²) in [5, 5.41) is 2.88. The van der Waals surface area contributed by atoms with E-state index in [2.05, 4.69) is 5.32 Å². The summed E-state index contributed by atoms with van der Waals surface area (Å²) in [7, 11) is 1.65. The van der Waals surface area contributed by atoms with Gasteiger partial charge in [-0.3, -0.25) is 4.79 Å². The first-order valence-electron chi connectivity index (χ1n) is 6.96. The fourth-order valence-corrected chi connectivity index (χ4v) is 2.38. The van der Waals surface area contributed by atoms with Crippen LogP contribution in [-0.2, 0) is 6.42 Å². The number of methoxy groups -OCH3 is 1. The lowest BCUT2D eigenvalue weighted by Crippen LogP contribution is -2.43. The van der Waals surface area contributed by atoms with Crippen LogP contribution in [0.1, 0.15) is 22.3 Å². The second kappa shape index (κ2) is 5.87. The molecule has 1 N–H and O–H groups in total. The molecule has 0 aliphatic carbocycles. The molecule has 1 amide bonds. The Labute approximate surface area is 123 Å². The Morgan fingerprint density at radius 3 is 2.67 bits per heavy atom. The molecular weight excluding hydrogens is 266 g/mol. The number of rotatable bonds is 4. The maximum Gasteiger partial charge on any atom is 0.257 e. The highest BCUT2D eigenvalue weighted by Crippen LogP contribution is 2.24. The fraction of sp³-hybridized carbons (Fsp3) is 0.235. The van der Waals surface area contributed by atoms with Gasteiger partial charge in [-0.1, -0.05) is 24.3 Å². The molecule has 1 unspecified atom stereocenters. The van der Waals surface area contributed by atoms with Crippen LogP contribution in [0.15, 0.2) is 48.5 Å². The number of hydrogen-bond donors (Lipinski definition) is 1. The molecule has 4 heteroatoms. The van der Waals surface area contributed by atoms with E-state index in [4.69, 9.17) is 9.47 Å². The zero-order valence-electron chi connectivity index (χ0n) is 11.8. The van der Waals surface area contributed by atoms with Crippen molar-refractivity contribution in [2.75, 3.05) is 7.11 Å². The molecule has 108 valence electrons. The third-order valence-corrected chi connectivity index (χ3v) is 3.55. The van der Waals surface area contributed by atoms with Gasteiger partial charge in [0.05, 0.1) is 12.7 Å². The van der Waals surface area contributed by atoms with Crippen molar-refractivity contribution in [3.05, 3.63) is 59.7 Å². The monoisotopic (exact) mass is 283 g/mol. The summed E-state index contributed by atoms with van der Waals surface area (Å²) in [4.78, 5) is 12.0. The molecule has 0 saturated carbocycles. The highest BCUT2D eigenvalue weighted by molar-refractivity contribution is 5.97. The predicted molar refractivity (Wildman–Crippen MR) is 79.6 cm³/mol. The van der Waals surface area contributed by atoms with Crippen molar-refractivity contribution >= 4 is 5.91 Å². The van der Waals surface area contributed by atoms with E-state index in [0.717, 1.165) is 18.6 Å². The molecule has 0 spiro atoms. The standard InChI is InChI=1S/C17H17NO3/c1-20-13-9-6-12(7-10-13)8-11-16-18-17(19)14-4-2-3-5-15(14)21-16/h2-7,9-10,16H,8,11H2,1H3,(H,18,19). The summed E-state index contributed by atoms with van der Waals surface area (Å²) >= 11 is 0. The van der Waals surface area contributed by atoms with Gasteiger partial charge in [0.1, 0.15) is 11.5 Å². The SMILES string of the molecule is COc1ccc(CCC2NC(=O)c3ccccc3O2)cc1. The molecule has 0 radical (unpaired) electrons. The van der Waals surface area contributed by atoms with Crippen molar-refractivity contribution in [3.8, 4) is 11.5 Å². The summed E-state index contributed by atoms with van der Waals surface area (Å²) in [5.41, 5.74) is 1.78. The number of ether oxygens (including phenoxy) is 2. The molecule has 21 heavy (non-hydrogen) atoms. The van der Waals surface area contributed by atoms with Crippen LogP contribution in [0.25, 0.3) is 0 Å². The first-order chi connectivity index (χ1) is 10.3. The predicted octanol–water partition coefficient (Wildman–Crippen LogP) is 2.78. The summed E-state index contributed by atoms with van der Waals surface area (Å²) < 4.78 is 10.9. The van der Waals surface area contributed by atoms with Gasteiger partial charge in [0.2, 0.25) is 0 Å². The number of nitrogens with one attached hydrogen (secondary N) is 1. The van der Waals surface area contributed by atoms with E-state index in [9.17, 15) is 4.79 Å². The minimum Gasteiger partial charge on any atom is -0.497 e. The summed E-state index contributed by atoms with van der Waals surface area (Å²) in [6.45, 7) is 0. The van der Waals surface area contributed by atoms with Gasteiger partial charge in [-0.25, -0.2) is 0 Å². The Bertz CT molecular complexity index is 637. The fourth-order valence-electron chi connectivity index (χ4n) is 2.38. The van der Waals surface area contributed by atoms with Gasteiger partial charge < -0.3 is 14.8 Å². The Balaban J connectivity index is 1.63. The van der Waals surface area contributed by atoms with Gasteiger partial charge in [-0.05, 0) is 36.2 Å². The minimum atomic E-state index is -0.283. The van der Waals surface area contributed by atoms with Gasteiger partial charge in [-0.15, -0.1) is 0 Å². The average molecular weight is 283 g/mol. The van der Waals surface area contributed by atoms with Gasteiger partial charge in [0, 0.05) is 6.42 Å². The van der Waals surface area contributed by atoms with Crippen molar-refractivity contribution in [1.82, 2.24) is 5.32 Å². The quantitative estimate of drug-likeness (QED) is 0.938. The van der Waals surface area contributed by atoms with E-state index in [1.807, 2.05) is 42.5 Å². The summed E-state index contributed by atoms with van der Waals surface area (Å²) in [6.07, 6.45) is 1.28. The first-order valence-corrected chi connectivity index (χ1v) is 6.96. The number of carbonyl (C=O) groups excluding carboxylic acids is 1. The topological polar surface area (TPSA) is 47.6 Å². The summed E-state index contributed by atoms with van der Waals surface area (Å²) in [6, 6.07) is 15.2. The minimum absolute atomic E-state index is 0.0726. The largest absolute Gasteiger partial charge is 0.497 e. The second-order valence-corrected chi connectivity index (χ2v) is 4.96. The van der Waals surface area contributed by atoms with Crippen LogP contribution >= 0.6 is 0 Å². The number of amides is 1. The van der Waals surface area contributed by atoms with Crippen molar-refractivity contribution in [2.45, 2.75) is 19.1 Å². The van der Waals surface area contributed by atoms with Gasteiger partial charge in [0.15, 0.2) is 6.23 Å². The number of fused-ring (bicyclic) bond motifs is 1. The van der Waals surface area contributed by atoms with Crippen LogP contribution < -0.4 is 14.8 Å². The van der Waals surface area contributed by atoms with Crippen molar-refractivity contribution in [3.63, 3.8) is 0 Å². The van der Waals surface area contributed by atoms with Gasteiger partial charge >= 0.3 is 0 Å². The first kappa shape index (κ1) is 13.5. The van der Waals surface area contributed by atoms with Crippen LogP contribution in [0.2, 0.25) is 0 Å². The highest BCUT2D eigenvalue weighted by Gasteiger charge is 2.24. The van der Waals surface area contributed by atoms with E-state index in [-0.39, 0.29) is 12.1 Å². The number of aryl methyl sites for hydroxylation is 1. The molecular formula is C17H17NO3. The van der Waals surface area contributed by atoms with E-state index in [1.165, 1.54) is 5.56 Å². The molecule has 1 aliphatic rings. The van der Waals surface area contributed by atoms with Gasteiger partial charge in [-0.2, -0.15) is 0 Å². The van der Waals surface area contributed by atoms with Crippen LogP contribution in [0.3, 0.4) is 0 Å². The third-order valence-electron chi connectivity index (χ3n) is 3.55. The molecule has 0 bridgehead atoms. The van der Waals surface area contributed by atoms with E-state index in [0.29, 0.717) is 11.3 Å². The Morgan fingerprint density at radius 1 is 1.14 bits per heavy atom. The average Bonchev–Trinajstić information content (AvgIpc) is 2.53. The van der Waals surface area contributed by atoms with Crippen LogP contribution in [0, 0.1) is 0 Å². The molecule has 4 nitrogen and oxygen atoms in total. The number of hydrogen-bond acceptors (Lipinski definition) is 3. The third kappa shape index (κ3) is 2.99.